The van der Waals surface area contributed by atoms with Crippen LogP contribution >= 0.6 is 0 Å². The maximum atomic E-state index is 12.7. The van der Waals surface area contributed by atoms with Crippen molar-refractivity contribution in [2.24, 2.45) is 0 Å². The molecule has 0 saturated carbocycles. The van der Waals surface area contributed by atoms with Gasteiger partial charge < -0.3 is 14.8 Å². The van der Waals surface area contributed by atoms with Crippen LogP contribution in [-0.4, -0.2) is 31.7 Å². The van der Waals surface area contributed by atoms with E-state index < -0.39 is 0 Å². The summed E-state index contributed by atoms with van der Waals surface area (Å²) in [5, 5.41) is 19.1. The molecule has 110 valence electrons. The fourth-order valence-electron chi connectivity index (χ4n) is 2.79. The van der Waals surface area contributed by atoms with Gasteiger partial charge in [0, 0.05) is 18.5 Å². The van der Waals surface area contributed by atoms with Gasteiger partial charge in [0.05, 0.1) is 11.8 Å². The number of carbonyl (C=O) groups is 1. The third-order valence-corrected chi connectivity index (χ3v) is 3.90. The lowest BCUT2D eigenvalue weighted by atomic mass is 10.0. The highest BCUT2D eigenvalue weighted by atomic mass is 16.3. The average molecular weight is 286 g/mol. The minimum Gasteiger partial charge on any atom is -0.508 e. The molecule has 2 N–H and O–H groups in total. The number of aryl methyl sites for hydroxylation is 1. The Morgan fingerprint density at radius 1 is 1.38 bits per heavy atom. The van der Waals surface area contributed by atoms with Gasteiger partial charge in [-0.2, -0.15) is 0 Å². The number of hydrogen-bond donors (Lipinski definition) is 2. The molecule has 0 aliphatic carbocycles. The maximum Gasteiger partial charge on any atom is 0.211 e. The summed E-state index contributed by atoms with van der Waals surface area (Å²) in [4.78, 5) is 17.3. The lowest BCUT2D eigenvalue weighted by molar-refractivity contribution is 0.101. The van der Waals surface area contributed by atoms with E-state index in [1.165, 1.54) is 12.1 Å². The molecule has 1 aliphatic heterocycles. The molecule has 3 rings (SSSR count). The van der Waals surface area contributed by atoms with Gasteiger partial charge in [-0.3, -0.25) is 4.79 Å². The van der Waals surface area contributed by atoms with E-state index in [0.29, 0.717) is 37.1 Å². The van der Waals surface area contributed by atoms with E-state index in [1.807, 2.05) is 11.5 Å². The average Bonchev–Trinajstić information content (AvgIpc) is 2.84. The Hall–Kier alpha value is -2.14. The summed E-state index contributed by atoms with van der Waals surface area (Å²) in [5.41, 5.74) is 1.93. The SMILES string of the molecule is CCc1nc2n(c1C(=O)c1ccc(O)cc1)CCC(O)C2. The molecule has 0 saturated heterocycles. The molecule has 5 heteroatoms. The van der Waals surface area contributed by atoms with Gasteiger partial charge in [0.1, 0.15) is 17.3 Å². The molecule has 1 aliphatic rings. The van der Waals surface area contributed by atoms with Gasteiger partial charge in [0.15, 0.2) is 0 Å². The number of hydrogen-bond acceptors (Lipinski definition) is 4. The number of ketones is 1. The highest BCUT2D eigenvalue weighted by Crippen LogP contribution is 2.23. The van der Waals surface area contributed by atoms with Crippen molar-refractivity contribution in [3.05, 3.63) is 47.0 Å². The van der Waals surface area contributed by atoms with Crippen LogP contribution in [0.25, 0.3) is 0 Å². The summed E-state index contributed by atoms with van der Waals surface area (Å²) in [6.45, 7) is 2.58. The molecule has 0 fully saturated rings. The van der Waals surface area contributed by atoms with Gasteiger partial charge in [-0.15, -0.1) is 0 Å². The van der Waals surface area contributed by atoms with Gasteiger partial charge in [-0.25, -0.2) is 4.98 Å². The van der Waals surface area contributed by atoms with Crippen LogP contribution in [0.1, 0.15) is 40.9 Å². The molecular formula is C16H18N2O3. The first-order valence-corrected chi connectivity index (χ1v) is 7.20. The fourth-order valence-corrected chi connectivity index (χ4v) is 2.79. The number of phenolic OH excluding ortho intramolecular Hbond substituents is 1. The van der Waals surface area contributed by atoms with Crippen molar-refractivity contribution in [1.29, 1.82) is 0 Å². The van der Waals surface area contributed by atoms with Crippen molar-refractivity contribution in [3.8, 4) is 5.75 Å². The number of phenols is 1. The molecule has 1 unspecified atom stereocenters. The predicted octanol–water partition coefficient (Wildman–Crippen LogP) is 1.69. The minimum absolute atomic E-state index is 0.0815. The Bertz CT molecular complexity index is 674. The zero-order valence-electron chi connectivity index (χ0n) is 11.9. The standard InChI is InChI=1S/C16H18N2O3/c1-2-13-15(16(21)10-3-5-11(19)6-4-10)18-8-7-12(20)9-14(18)17-13/h3-6,12,19-20H,2,7-9H2,1H3. The fraction of sp³-hybridized carbons (Fsp3) is 0.375. The number of rotatable bonds is 3. The van der Waals surface area contributed by atoms with Crippen molar-refractivity contribution < 1.29 is 15.0 Å². The normalized spacial score (nSPS) is 17.5. The van der Waals surface area contributed by atoms with Crippen LogP contribution in [0.3, 0.4) is 0 Å². The molecule has 2 aromatic rings. The number of aromatic nitrogens is 2. The van der Waals surface area contributed by atoms with E-state index in [2.05, 4.69) is 4.98 Å². The quantitative estimate of drug-likeness (QED) is 0.842. The third kappa shape index (κ3) is 2.45. The maximum absolute atomic E-state index is 12.7. The highest BCUT2D eigenvalue weighted by molar-refractivity contribution is 6.08. The Morgan fingerprint density at radius 3 is 2.76 bits per heavy atom. The lowest BCUT2D eigenvalue weighted by Crippen LogP contribution is -2.25. The van der Waals surface area contributed by atoms with E-state index in [1.54, 1.807) is 12.1 Å². The van der Waals surface area contributed by atoms with Gasteiger partial charge in [0.2, 0.25) is 5.78 Å². The van der Waals surface area contributed by atoms with Crippen LogP contribution in [0.4, 0.5) is 0 Å². The molecule has 0 spiro atoms. The molecule has 1 aromatic carbocycles. The second kappa shape index (κ2) is 5.33. The number of benzene rings is 1. The minimum atomic E-state index is -0.374. The van der Waals surface area contributed by atoms with E-state index in [4.69, 9.17) is 0 Å². The Balaban J connectivity index is 2.05. The van der Waals surface area contributed by atoms with E-state index in [0.717, 1.165) is 11.5 Å². The van der Waals surface area contributed by atoms with E-state index in [9.17, 15) is 15.0 Å². The summed E-state index contributed by atoms with van der Waals surface area (Å²) in [5.74, 6) is 0.843. The summed E-state index contributed by atoms with van der Waals surface area (Å²) in [6, 6.07) is 6.26. The molecule has 0 amide bonds. The molecule has 0 radical (unpaired) electrons. The molecule has 1 atom stereocenters. The largest absolute Gasteiger partial charge is 0.508 e. The van der Waals surface area contributed by atoms with Crippen LogP contribution in [-0.2, 0) is 19.4 Å². The number of imidazole rings is 1. The number of fused-ring (bicyclic) bond motifs is 1. The van der Waals surface area contributed by atoms with Crippen LogP contribution in [0.2, 0.25) is 0 Å². The predicted molar refractivity (Wildman–Crippen MR) is 77.5 cm³/mol. The number of nitrogens with zero attached hydrogens (tertiary/aromatic N) is 2. The van der Waals surface area contributed by atoms with Gasteiger partial charge in [0.25, 0.3) is 0 Å². The molecule has 0 bridgehead atoms. The number of aliphatic hydroxyl groups excluding tert-OH is 1. The molecule has 21 heavy (non-hydrogen) atoms. The summed E-state index contributed by atoms with van der Waals surface area (Å²) in [7, 11) is 0. The van der Waals surface area contributed by atoms with Crippen LogP contribution in [0.15, 0.2) is 24.3 Å². The highest BCUT2D eigenvalue weighted by Gasteiger charge is 2.27. The third-order valence-electron chi connectivity index (χ3n) is 3.90. The topological polar surface area (TPSA) is 75.4 Å². The first-order valence-electron chi connectivity index (χ1n) is 7.20. The Kier molecular flexibility index (Phi) is 3.51. The Labute approximate surface area is 122 Å². The molecule has 1 aromatic heterocycles. The van der Waals surface area contributed by atoms with E-state index in [-0.39, 0.29) is 17.6 Å². The second-order valence-corrected chi connectivity index (χ2v) is 5.35. The lowest BCUT2D eigenvalue weighted by Gasteiger charge is -2.20. The van der Waals surface area contributed by atoms with Crippen molar-refractivity contribution in [1.82, 2.24) is 9.55 Å². The molecule has 5 nitrogen and oxygen atoms in total. The van der Waals surface area contributed by atoms with Crippen molar-refractivity contribution in [3.63, 3.8) is 0 Å². The summed E-state index contributed by atoms with van der Waals surface area (Å²) >= 11 is 0. The molecular weight excluding hydrogens is 268 g/mol. The zero-order chi connectivity index (χ0) is 15.0. The zero-order valence-corrected chi connectivity index (χ0v) is 11.9. The summed E-state index contributed by atoms with van der Waals surface area (Å²) in [6.07, 6.45) is 1.44. The van der Waals surface area contributed by atoms with Gasteiger partial charge in [-0.1, -0.05) is 6.92 Å². The van der Waals surface area contributed by atoms with Crippen molar-refractivity contribution in [2.75, 3.05) is 0 Å². The number of aliphatic hydroxyl groups is 1. The number of aromatic hydroxyl groups is 1. The van der Waals surface area contributed by atoms with Gasteiger partial charge >= 0.3 is 0 Å². The first kappa shape index (κ1) is 13.8. The van der Waals surface area contributed by atoms with Crippen molar-refractivity contribution in [2.45, 2.75) is 38.8 Å². The smallest absolute Gasteiger partial charge is 0.211 e. The second-order valence-electron chi connectivity index (χ2n) is 5.35. The Morgan fingerprint density at radius 2 is 2.10 bits per heavy atom. The van der Waals surface area contributed by atoms with Crippen molar-refractivity contribution >= 4 is 5.78 Å². The van der Waals surface area contributed by atoms with Crippen LogP contribution < -0.4 is 0 Å². The summed E-state index contributed by atoms with van der Waals surface area (Å²) < 4.78 is 1.93. The van der Waals surface area contributed by atoms with Crippen LogP contribution in [0.5, 0.6) is 5.75 Å². The first-order chi connectivity index (χ1) is 10.1. The number of carbonyl (C=O) groups excluding carboxylic acids is 1. The van der Waals surface area contributed by atoms with E-state index >= 15 is 0 Å². The van der Waals surface area contributed by atoms with Gasteiger partial charge in [-0.05, 0) is 37.1 Å². The van der Waals surface area contributed by atoms with Crippen LogP contribution in [0, 0.1) is 0 Å². The monoisotopic (exact) mass is 286 g/mol. The molecule has 2 heterocycles.